The van der Waals surface area contributed by atoms with Gasteiger partial charge in [0.05, 0.1) is 6.04 Å². The second-order valence-corrected chi connectivity index (χ2v) is 9.56. The molecule has 3 heterocycles. The molecule has 1 aromatic heterocycles. The van der Waals surface area contributed by atoms with Crippen molar-refractivity contribution in [2.45, 2.75) is 25.4 Å². The van der Waals surface area contributed by atoms with Crippen LogP contribution in [0.25, 0.3) is 11.1 Å². The van der Waals surface area contributed by atoms with Crippen LogP contribution in [0, 0.1) is 17.6 Å². The Morgan fingerprint density at radius 1 is 0.944 bits per heavy atom. The van der Waals surface area contributed by atoms with Crippen molar-refractivity contribution in [1.82, 2.24) is 19.7 Å². The molecule has 8 heteroatoms. The molecule has 188 valence electrons. The minimum Gasteiger partial charge on any atom is -0.325 e. The number of piperazine rings is 1. The Hall–Kier alpha value is -3.52. The molecule has 1 atom stereocenters. The number of hydrogen-bond acceptors (Lipinski definition) is 3. The average Bonchev–Trinajstić information content (AvgIpc) is 2.92. The molecule has 1 N–H and O–H groups in total. The SMILES string of the molecule is O=C(N1CCC(Cn2ccc(-c3ccccc3)cc2=O)CC1)N1CCNCC1c1cc(F)ccc1F. The van der Waals surface area contributed by atoms with Crippen molar-refractivity contribution in [3.63, 3.8) is 0 Å². The Morgan fingerprint density at radius 3 is 2.47 bits per heavy atom. The van der Waals surface area contributed by atoms with Crippen LogP contribution < -0.4 is 10.9 Å². The lowest BCUT2D eigenvalue weighted by Crippen LogP contribution is -2.54. The van der Waals surface area contributed by atoms with E-state index in [4.69, 9.17) is 0 Å². The molecule has 2 fully saturated rings. The Bertz CT molecular complexity index is 1270. The number of urea groups is 1. The summed E-state index contributed by atoms with van der Waals surface area (Å²) in [4.78, 5) is 29.5. The fourth-order valence-corrected chi connectivity index (χ4v) is 5.22. The molecular weight excluding hydrogens is 462 g/mol. The van der Waals surface area contributed by atoms with Crippen LogP contribution in [0.3, 0.4) is 0 Å². The third-order valence-corrected chi connectivity index (χ3v) is 7.25. The van der Waals surface area contributed by atoms with E-state index in [-0.39, 0.29) is 23.1 Å². The van der Waals surface area contributed by atoms with Gasteiger partial charge in [0.1, 0.15) is 11.6 Å². The van der Waals surface area contributed by atoms with Crippen LogP contribution in [0.15, 0.2) is 71.7 Å². The van der Waals surface area contributed by atoms with Crippen molar-refractivity contribution >= 4 is 6.03 Å². The molecule has 2 aliphatic rings. The van der Waals surface area contributed by atoms with Crippen LogP contribution in [-0.2, 0) is 6.54 Å². The van der Waals surface area contributed by atoms with E-state index in [9.17, 15) is 18.4 Å². The fourth-order valence-electron chi connectivity index (χ4n) is 5.22. The van der Waals surface area contributed by atoms with Gasteiger partial charge in [0, 0.05) is 57.1 Å². The van der Waals surface area contributed by atoms with Crippen LogP contribution in [-0.4, -0.2) is 53.1 Å². The van der Waals surface area contributed by atoms with Gasteiger partial charge in [-0.15, -0.1) is 0 Å². The third kappa shape index (κ3) is 5.18. The molecule has 2 saturated heterocycles. The number of benzene rings is 2. The van der Waals surface area contributed by atoms with Gasteiger partial charge in [0.25, 0.3) is 5.56 Å². The van der Waals surface area contributed by atoms with Gasteiger partial charge < -0.3 is 19.7 Å². The van der Waals surface area contributed by atoms with Crippen LogP contribution in [0.1, 0.15) is 24.4 Å². The number of amides is 2. The zero-order valence-electron chi connectivity index (χ0n) is 20.1. The fraction of sp³-hybridized carbons (Fsp3) is 0.357. The van der Waals surface area contributed by atoms with Gasteiger partial charge in [-0.2, -0.15) is 0 Å². The van der Waals surface area contributed by atoms with Gasteiger partial charge in [0.2, 0.25) is 0 Å². The maximum absolute atomic E-state index is 14.5. The lowest BCUT2D eigenvalue weighted by atomic mass is 9.96. The van der Waals surface area contributed by atoms with E-state index in [1.54, 1.807) is 20.4 Å². The molecule has 0 spiro atoms. The largest absolute Gasteiger partial charge is 0.325 e. The highest BCUT2D eigenvalue weighted by atomic mass is 19.1. The molecule has 0 bridgehead atoms. The van der Waals surface area contributed by atoms with Crippen molar-refractivity contribution in [2.24, 2.45) is 5.92 Å². The highest BCUT2D eigenvalue weighted by Crippen LogP contribution is 2.28. The summed E-state index contributed by atoms with van der Waals surface area (Å²) in [5.74, 6) is -0.739. The van der Waals surface area contributed by atoms with E-state index < -0.39 is 17.7 Å². The molecule has 2 amide bonds. The van der Waals surface area contributed by atoms with Gasteiger partial charge in [0.15, 0.2) is 0 Å². The first-order valence-electron chi connectivity index (χ1n) is 12.5. The van der Waals surface area contributed by atoms with Crippen molar-refractivity contribution in [3.05, 3.63) is 94.4 Å². The first-order chi connectivity index (χ1) is 17.5. The van der Waals surface area contributed by atoms with Crippen LogP contribution in [0.4, 0.5) is 13.6 Å². The molecule has 1 unspecified atom stereocenters. The number of likely N-dealkylation sites (tertiary alicyclic amines) is 1. The Balaban J connectivity index is 1.21. The topological polar surface area (TPSA) is 57.6 Å². The smallest absolute Gasteiger partial charge is 0.320 e. The number of pyridine rings is 1. The Labute approximate surface area is 209 Å². The monoisotopic (exact) mass is 492 g/mol. The highest BCUT2D eigenvalue weighted by Gasteiger charge is 2.34. The number of carbonyl (C=O) groups is 1. The van der Waals surface area contributed by atoms with Gasteiger partial charge in [-0.05, 0) is 54.2 Å². The molecule has 0 saturated carbocycles. The zero-order valence-corrected chi connectivity index (χ0v) is 20.1. The van der Waals surface area contributed by atoms with Gasteiger partial charge >= 0.3 is 6.03 Å². The zero-order chi connectivity index (χ0) is 25.1. The van der Waals surface area contributed by atoms with Crippen LogP contribution in [0.2, 0.25) is 0 Å². The summed E-state index contributed by atoms with van der Waals surface area (Å²) in [5.41, 5.74) is 2.08. The molecule has 0 aliphatic carbocycles. The van der Waals surface area contributed by atoms with Crippen LogP contribution in [0.5, 0.6) is 0 Å². The number of rotatable bonds is 4. The van der Waals surface area contributed by atoms with Crippen molar-refractivity contribution < 1.29 is 13.6 Å². The summed E-state index contributed by atoms with van der Waals surface area (Å²) in [7, 11) is 0. The number of piperidine rings is 1. The van der Waals surface area contributed by atoms with E-state index in [0.29, 0.717) is 39.3 Å². The number of nitrogens with zero attached hydrogens (tertiary/aromatic N) is 3. The Kier molecular flexibility index (Phi) is 7.13. The van der Waals surface area contributed by atoms with Gasteiger partial charge in [-0.1, -0.05) is 30.3 Å². The number of halogens is 2. The first kappa shape index (κ1) is 24.2. The quantitative estimate of drug-likeness (QED) is 0.592. The molecule has 36 heavy (non-hydrogen) atoms. The second-order valence-electron chi connectivity index (χ2n) is 9.56. The van der Waals surface area contributed by atoms with E-state index in [2.05, 4.69) is 5.32 Å². The van der Waals surface area contributed by atoms with E-state index in [1.807, 2.05) is 42.6 Å². The predicted molar refractivity (Wildman–Crippen MR) is 135 cm³/mol. The van der Waals surface area contributed by atoms with E-state index >= 15 is 0 Å². The summed E-state index contributed by atoms with van der Waals surface area (Å²) < 4.78 is 30.0. The molecular formula is C28H30F2N4O2. The standard InChI is InChI=1S/C28H30F2N4O2/c29-23-6-7-25(30)24(17-23)26-18-31-11-15-34(26)28(36)32-12-8-20(9-13-32)19-33-14-10-22(16-27(33)35)21-4-2-1-3-5-21/h1-7,10,14,16-17,20,26,31H,8-9,11-13,15,18-19H2. The van der Waals surface area contributed by atoms with Gasteiger partial charge in [-0.3, -0.25) is 4.79 Å². The molecule has 6 nitrogen and oxygen atoms in total. The van der Waals surface area contributed by atoms with Crippen molar-refractivity contribution in [1.29, 1.82) is 0 Å². The molecule has 3 aromatic rings. The maximum atomic E-state index is 14.5. The summed E-state index contributed by atoms with van der Waals surface area (Å²) in [6, 6.07) is 16.1. The van der Waals surface area contributed by atoms with Crippen molar-refractivity contribution in [3.8, 4) is 11.1 Å². The van der Waals surface area contributed by atoms with Crippen LogP contribution >= 0.6 is 0 Å². The third-order valence-electron chi connectivity index (χ3n) is 7.25. The predicted octanol–water partition coefficient (Wildman–Crippen LogP) is 4.27. The van der Waals surface area contributed by atoms with Crippen molar-refractivity contribution in [2.75, 3.05) is 32.7 Å². The van der Waals surface area contributed by atoms with E-state index in [1.165, 1.54) is 6.07 Å². The summed E-state index contributed by atoms with van der Waals surface area (Å²) in [5, 5.41) is 3.19. The average molecular weight is 493 g/mol. The highest BCUT2D eigenvalue weighted by molar-refractivity contribution is 5.75. The maximum Gasteiger partial charge on any atom is 0.320 e. The number of nitrogens with one attached hydrogen (secondary N) is 1. The number of hydrogen-bond donors (Lipinski definition) is 1. The minimum absolute atomic E-state index is 0.0318. The number of carbonyl (C=O) groups excluding carboxylic acids is 1. The molecule has 5 rings (SSSR count). The lowest BCUT2D eigenvalue weighted by molar-refractivity contribution is 0.103. The molecule has 0 radical (unpaired) electrons. The van der Waals surface area contributed by atoms with E-state index in [0.717, 1.165) is 36.1 Å². The second kappa shape index (κ2) is 10.6. The summed E-state index contributed by atoms with van der Waals surface area (Å²) in [6.45, 7) is 3.18. The molecule has 2 aliphatic heterocycles. The number of aromatic nitrogens is 1. The minimum atomic E-state index is -0.554. The summed E-state index contributed by atoms with van der Waals surface area (Å²) >= 11 is 0. The normalized spacial score (nSPS) is 18.9. The van der Waals surface area contributed by atoms with Gasteiger partial charge in [-0.25, -0.2) is 13.6 Å². The summed E-state index contributed by atoms with van der Waals surface area (Å²) in [6.07, 6.45) is 3.41. The molecule has 2 aromatic carbocycles. The Morgan fingerprint density at radius 2 is 1.72 bits per heavy atom. The first-order valence-corrected chi connectivity index (χ1v) is 12.5. The lowest BCUT2D eigenvalue weighted by Gasteiger charge is -2.41.